The third kappa shape index (κ3) is 5.95. The summed E-state index contributed by atoms with van der Waals surface area (Å²) in [5.41, 5.74) is 5.05. The normalized spacial score (nSPS) is 16.0. The quantitative estimate of drug-likeness (QED) is 0.259. The van der Waals surface area contributed by atoms with E-state index in [0.29, 0.717) is 25.6 Å². The van der Waals surface area contributed by atoms with Gasteiger partial charge >= 0.3 is 11.8 Å². The van der Waals surface area contributed by atoms with Crippen molar-refractivity contribution in [3.63, 3.8) is 0 Å². The van der Waals surface area contributed by atoms with Gasteiger partial charge in [-0.2, -0.15) is 4.98 Å². The standard InChI is InChI=1S/C28H37N7O5/c1-6-7-15-34-22-23(31-25(34)33-14-10-11-18(16-33)30-26(38)40-28(2,3)4)32(5)27(39)35(24(22)37)17-21(36)19-12-8-9-13-20(19)29/h6-9,12-13,18H,10-11,14-17,29H2,1-5H3,(H,30,38)/b7-6+/t18-/m0/s1. The smallest absolute Gasteiger partial charge is 0.407 e. The Morgan fingerprint density at radius 2 is 1.93 bits per heavy atom. The van der Waals surface area contributed by atoms with Crippen molar-refractivity contribution in [1.82, 2.24) is 24.0 Å². The summed E-state index contributed by atoms with van der Waals surface area (Å²) >= 11 is 0. The van der Waals surface area contributed by atoms with Crippen molar-refractivity contribution in [3.05, 3.63) is 62.8 Å². The zero-order chi connectivity index (χ0) is 29.2. The molecule has 12 heteroatoms. The number of nitrogen functional groups attached to an aromatic ring is 1. The number of nitrogens with two attached hydrogens (primary N) is 1. The molecule has 0 saturated carbocycles. The predicted octanol–water partition coefficient (Wildman–Crippen LogP) is 2.43. The molecule has 2 aromatic heterocycles. The molecule has 0 unspecified atom stereocenters. The van der Waals surface area contributed by atoms with Crippen molar-refractivity contribution >= 4 is 34.7 Å². The van der Waals surface area contributed by atoms with Crippen LogP contribution in [0.15, 0.2) is 46.0 Å². The first-order valence-electron chi connectivity index (χ1n) is 13.3. The molecule has 3 N–H and O–H groups in total. The number of benzene rings is 1. The van der Waals surface area contributed by atoms with Crippen molar-refractivity contribution < 1.29 is 14.3 Å². The van der Waals surface area contributed by atoms with Crippen LogP contribution in [0.5, 0.6) is 0 Å². The number of nitrogens with zero attached hydrogens (tertiary/aromatic N) is 5. The number of anilines is 2. The van der Waals surface area contributed by atoms with E-state index in [0.717, 1.165) is 17.4 Å². The maximum Gasteiger partial charge on any atom is 0.407 e. The first-order chi connectivity index (χ1) is 18.9. The van der Waals surface area contributed by atoms with Crippen LogP contribution >= 0.6 is 0 Å². The summed E-state index contributed by atoms with van der Waals surface area (Å²) in [7, 11) is 1.53. The molecule has 0 radical (unpaired) electrons. The molecule has 3 heterocycles. The van der Waals surface area contributed by atoms with E-state index < -0.39 is 35.3 Å². The largest absolute Gasteiger partial charge is 0.444 e. The van der Waals surface area contributed by atoms with E-state index in [-0.39, 0.29) is 28.5 Å². The topological polar surface area (TPSA) is 146 Å². The third-order valence-corrected chi connectivity index (χ3v) is 6.72. The van der Waals surface area contributed by atoms with E-state index in [1.165, 1.54) is 11.6 Å². The first-order valence-corrected chi connectivity index (χ1v) is 13.3. The van der Waals surface area contributed by atoms with Gasteiger partial charge in [0.05, 0.1) is 6.54 Å². The van der Waals surface area contributed by atoms with Crippen LogP contribution in [-0.2, 0) is 24.9 Å². The van der Waals surface area contributed by atoms with Crippen molar-refractivity contribution in [3.8, 4) is 0 Å². The van der Waals surface area contributed by atoms with Gasteiger partial charge in [-0.15, -0.1) is 0 Å². The van der Waals surface area contributed by atoms with E-state index in [1.54, 1.807) is 28.8 Å². The number of ketones is 1. The summed E-state index contributed by atoms with van der Waals surface area (Å²) in [5.74, 6) is 0.0655. The molecule has 0 spiro atoms. The van der Waals surface area contributed by atoms with Crippen molar-refractivity contribution in [2.24, 2.45) is 7.05 Å². The number of carbonyl (C=O) groups is 2. The number of hydrogen-bond acceptors (Lipinski definition) is 8. The van der Waals surface area contributed by atoms with Gasteiger partial charge < -0.3 is 25.3 Å². The number of Topliss-reactive ketones (excluding diaryl/α,β-unsaturated/α-hetero) is 1. The second-order valence-electron chi connectivity index (χ2n) is 10.9. The number of hydrogen-bond donors (Lipinski definition) is 2. The number of rotatable bonds is 7. The molecule has 12 nitrogen and oxygen atoms in total. The molecule has 0 aliphatic carbocycles. The highest BCUT2D eigenvalue weighted by Gasteiger charge is 2.29. The Balaban J connectivity index is 1.74. The maximum absolute atomic E-state index is 13.8. The fourth-order valence-electron chi connectivity index (χ4n) is 4.86. The van der Waals surface area contributed by atoms with Gasteiger partial charge in [-0.1, -0.05) is 24.3 Å². The van der Waals surface area contributed by atoms with Crippen LogP contribution in [0, 0.1) is 0 Å². The summed E-state index contributed by atoms with van der Waals surface area (Å²) in [4.78, 5) is 59.2. The highest BCUT2D eigenvalue weighted by molar-refractivity contribution is 6.00. The van der Waals surface area contributed by atoms with Gasteiger partial charge in [0, 0.05) is 44.0 Å². The number of ether oxygens (including phenoxy) is 1. The van der Waals surface area contributed by atoms with E-state index >= 15 is 0 Å². The van der Waals surface area contributed by atoms with E-state index in [2.05, 4.69) is 5.32 Å². The Kier molecular flexibility index (Phi) is 8.17. The van der Waals surface area contributed by atoms with Crippen LogP contribution in [0.2, 0.25) is 0 Å². The number of amides is 1. The molecule has 1 saturated heterocycles. The molecule has 1 aliphatic rings. The maximum atomic E-state index is 13.8. The number of fused-ring (bicyclic) bond motifs is 1. The van der Waals surface area contributed by atoms with E-state index in [1.807, 2.05) is 44.7 Å². The molecule has 1 aliphatic heterocycles. The second-order valence-corrected chi connectivity index (χ2v) is 10.9. The van der Waals surface area contributed by atoms with Crippen LogP contribution < -0.4 is 27.2 Å². The minimum Gasteiger partial charge on any atom is -0.444 e. The number of allylic oxidation sites excluding steroid dienone is 2. The highest BCUT2D eigenvalue weighted by atomic mass is 16.6. The summed E-state index contributed by atoms with van der Waals surface area (Å²) in [6.07, 6.45) is 4.80. The lowest BCUT2D eigenvalue weighted by molar-refractivity contribution is 0.0499. The van der Waals surface area contributed by atoms with Crippen molar-refractivity contribution in [1.29, 1.82) is 0 Å². The Labute approximate surface area is 232 Å². The van der Waals surface area contributed by atoms with Gasteiger partial charge in [0.1, 0.15) is 5.60 Å². The molecular formula is C28H37N7O5. The molecule has 1 fully saturated rings. The number of aromatic nitrogens is 4. The number of para-hydroxylation sites is 1. The zero-order valence-electron chi connectivity index (χ0n) is 23.6. The summed E-state index contributed by atoms with van der Waals surface area (Å²) in [5, 5.41) is 2.93. The van der Waals surface area contributed by atoms with Gasteiger partial charge in [-0.25, -0.2) is 9.59 Å². The Morgan fingerprint density at radius 3 is 2.60 bits per heavy atom. The molecule has 1 aromatic carbocycles. The number of nitrogens with one attached hydrogen (secondary N) is 1. The Bertz CT molecular complexity index is 1570. The van der Waals surface area contributed by atoms with Gasteiger partial charge in [0.25, 0.3) is 5.56 Å². The zero-order valence-corrected chi connectivity index (χ0v) is 23.6. The molecule has 40 heavy (non-hydrogen) atoms. The molecule has 214 valence electrons. The fraction of sp³-hybridized carbons (Fsp3) is 0.464. The molecule has 0 bridgehead atoms. The second kappa shape index (κ2) is 11.4. The summed E-state index contributed by atoms with van der Waals surface area (Å²) < 4.78 is 9.39. The van der Waals surface area contributed by atoms with Crippen molar-refractivity contribution in [2.75, 3.05) is 23.7 Å². The predicted molar refractivity (Wildman–Crippen MR) is 154 cm³/mol. The number of piperidine rings is 1. The summed E-state index contributed by atoms with van der Waals surface area (Å²) in [6.45, 7) is 8.28. The van der Waals surface area contributed by atoms with Gasteiger partial charge in [0.15, 0.2) is 16.9 Å². The minimum absolute atomic E-state index is 0.187. The fourth-order valence-corrected chi connectivity index (χ4v) is 4.86. The molecule has 1 amide bonds. The first kappa shape index (κ1) is 28.7. The third-order valence-electron chi connectivity index (χ3n) is 6.72. The molecule has 1 atom stereocenters. The van der Waals surface area contributed by atoms with Crippen LogP contribution in [-0.4, -0.2) is 55.3 Å². The number of alkyl carbamates (subject to hydrolysis) is 1. The van der Waals surface area contributed by atoms with Gasteiger partial charge in [-0.05, 0) is 52.7 Å². The van der Waals surface area contributed by atoms with Crippen LogP contribution in [0.25, 0.3) is 11.2 Å². The monoisotopic (exact) mass is 551 g/mol. The average molecular weight is 552 g/mol. The lowest BCUT2D eigenvalue weighted by atomic mass is 10.1. The Hall–Kier alpha value is -4.35. The number of aryl methyl sites for hydroxylation is 1. The number of imidazole rings is 1. The van der Waals surface area contributed by atoms with Crippen LogP contribution in [0.4, 0.5) is 16.4 Å². The van der Waals surface area contributed by atoms with Crippen LogP contribution in [0.1, 0.15) is 50.9 Å². The lowest BCUT2D eigenvalue weighted by Crippen LogP contribution is -2.49. The average Bonchev–Trinajstić information content (AvgIpc) is 3.27. The van der Waals surface area contributed by atoms with Gasteiger partial charge in [0.2, 0.25) is 5.95 Å². The molecule has 3 aromatic rings. The molecule has 4 rings (SSSR count). The Morgan fingerprint density at radius 1 is 1.20 bits per heavy atom. The highest BCUT2D eigenvalue weighted by Crippen LogP contribution is 2.24. The minimum atomic E-state index is -0.648. The molecular weight excluding hydrogens is 514 g/mol. The van der Waals surface area contributed by atoms with Crippen molar-refractivity contribution in [2.45, 2.75) is 65.3 Å². The van der Waals surface area contributed by atoms with Gasteiger partial charge in [-0.3, -0.25) is 18.7 Å². The lowest BCUT2D eigenvalue weighted by Gasteiger charge is -2.34. The summed E-state index contributed by atoms with van der Waals surface area (Å²) in [6, 6.07) is 6.36. The van der Waals surface area contributed by atoms with E-state index in [9.17, 15) is 19.2 Å². The number of carbonyl (C=O) groups excluding carboxylic acids is 2. The van der Waals surface area contributed by atoms with E-state index in [4.69, 9.17) is 15.5 Å². The van der Waals surface area contributed by atoms with Crippen LogP contribution in [0.3, 0.4) is 0 Å². The SMILES string of the molecule is C/C=C/Cn1c(N2CCC[C@H](NC(=O)OC(C)(C)C)C2)nc2c1c(=O)n(CC(=O)c1ccccc1N)c(=O)n2C.